The van der Waals surface area contributed by atoms with E-state index >= 15 is 0 Å². The minimum Gasteiger partial charge on any atom is -0.462 e. The fourth-order valence-corrected chi connectivity index (χ4v) is 3.70. The second kappa shape index (κ2) is 13.0. The number of esters is 2. The van der Waals surface area contributed by atoms with Crippen molar-refractivity contribution in [2.24, 2.45) is 11.8 Å². The Balaban J connectivity index is 1.87. The van der Waals surface area contributed by atoms with Gasteiger partial charge in [-0.1, -0.05) is 25.0 Å². The van der Waals surface area contributed by atoms with Gasteiger partial charge in [0.1, 0.15) is 11.5 Å². The van der Waals surface area contributed by atoms with Gasteiger partial charge in [-0.15, -0.1) is 0 Å². The summed E-state index contributed by atoms with van der Waals surface area (Å²) in [5.41, 5.74) is 0.359. The molecule has 31 heavy (non-hydrogen) atoms. The molecule has 0 saturated heterocycles. The van der Waals surface area contributed by atoms with Gasteiger partial charge in [-0.2, -0.15) is 0 Å². The Morgan fingerprint density at radius 2 is 1.84 bits per heavy atom. The lowest BCUT2D eigenvalue weighted by atomic mass is 9.90. The van der Waals surface area contributed by atoms with Gasteiger partial charge in [0.25, 0.3) is 0 Å². The molecule has 7 heteroatoms. The smallest absolute Gasteiger partial charge is 0.338 e. The Hall–Kier alpha value is -2.51. The van der Waals surface area contributed by atoms with Crippen LogP contribution in [-0.4, -0.2) is 47.3 Å². The number of ketones is 1. The fraction of sp³-hybridized carbons (Fsp3) is 0.542. The Morgan fingerprint density at radius 3 is 2.52 bits per heavy atom. The number of carbonyl (C=O) groups is 3. The largest absolute Gasteiger partial charge is 0.462 e. The summed E-state index contributed by atoms with van der Waals surface area (Å²) < 4.78 is 10.2. The van der Waals surface area contributed by atoms with Crippen LogP contribution in [0.3, 0.4) is 0 Å². The lowest BCUT2D eigenvalue weighted by Crippen LogP contribution is -2.23. The maximum atomic E-state index is 12.4. The average Bonchev–Trinajstić information content (AvgIpc) is 3.00. The Morgan fingerprint density at radius 1 is 1.13 bits per heavy atom. The van der Waals surface area contributed by atoms with E-state index in [0.717, 1.165) is 32.1 Å². The van der Waals surface area contributed by atoms with Gasteiger partial charge in [0, 0.05) is 24.9 Å². The zero-order chi connectivity index (χ0) is 22.6. The van der Waals surface area contributed by atoms with E-state index in [4.69, 9.17) is 14.6 Å². The number of hydrogen-bond donors (Lipinski definition) is 2. The third kappa shape index (κ3) is 7.92. The number of Topliss-reactive ketones (excluding diaryl/α,β-unsaturated/α-hetero) is 1. The first-order valence-electron chi connectivity index (χ1n) is 10.9. The summed E-state index contributed by atoms with van der Waals surface area (Å²) in [6, 6.07) is 6.03. The van der Waals surface area contributed by atoms with Crippen molar-refractivity contribution in [1.29, 1.82) is 0 Å². The van der Waals surface area contributed by atoms with Crippen LogP contribution in [0.5, 0.6) is 5.75 Å². The van der Waals surface area contributed by atoms with E-state index in [0.29, 0.717) is 5.56 Å². The quantitative estimate of drug-likeness (QED) is 0.226. The van der Waals surface area contributed by atoms with Crippen LogP contribution in [0.1, 0.15) is 62.2 Å². The highest BCUT2D eigenvalue weighted by molar-refractivity contribution is 5.90. The summed E-state index contributed by atoms with van der Waals surface area (Å²) >= 11 is 0. The van der Waals surface area contributed by atoms with Crippen LogP contribution in [0.2, 0.25) is 0 Å². The van der Waals surface area contributed by atoms with Gasteiger partial charge in [-0.05, 0) is 50.5 Å². The van der Waals surface area contributed by atoms with Crippen molar-refractivity contribution in [3.05, 3.63) is 42.0 Å². The first-order chi connectivity index (χ1) is 15.0. The average molecular weight is 433 g/mol. The van der Waals surface area contributed by atoms with Crippen molar-refractivity contribution in [3.8, 4) is 5.75 Å². The van der Waals surface area contributed by atoms with E-state index in [1.54, 1.807) is 6.92 Å². The predicted octanol–water partition coefficient (Wildman–Crippen LogP) is 3.22. The van der Waals surface area contributed by atoms with Gasteiger partial charge in [0.15, 0.2) is 0 Å². The molecule has 0 heterocycles. The third-order valence-corrected chi connectivity index (χ3v) is 5.35. The van der Waals surface area contributed by atoms with Crippen molar-refractivity contribution in [3.63, 3.8) is 0 Å². The summed E-state index contributed by atoms with van der Waals surface area (Å²) in [5.74, 6) is -1.87. The van der Waals surface area contributed by atoms with Crippen molar-refractivity contribution in [1.82, 2.24) is 0 Å². The van der Waals surface area contributed by atoms with Gasteiger partial charge in [-0.25, -0.2) is 4.79 Å². The van der Waals surface area contributed by atoms with Crippen molar-refractivity contribution >= 4 is 17.7 Å². The molecule has 1 aromatic rings. The molecule has 0 amide bonds. The van der Waals surface area contributed by atoms with Gasteiger partial charge in [0.05, 0.1) is 24.7 Å². The van der Waals surface area contributed by atoms with Crippen molar-refractivity contribution in [2.45, 2.75) is 58.0 Å². The first kappa shape index (κ1) is 24.8. The van der Waals surface area contributed by atoms with E-state index in [-0.39, 0.29) is 37.6 Å². The number of aliphatic hydroxyl groups excluding tert-OH is 2. The highest BCUT2D eigenvalue weighted by atomic mass is 16.5. The van der Waals surface area contributed by atoms with Gasteiger partial charge >= 0.3 is 11.9 Å². The number of unbranched alkanes of at least 4 members (excludes halogenated alkanes) is 4. The van der Waals surface area contributed by atoms with Crippen LogP contribution in [-0.2, 0) is 14.3 Å². The molecule has 3 atom stereocenters. The molecular weight excluding hydrogens is 400 g/mol. The highest BCUT2D eigenvalue weighted by Gasteiger charge is 2.41. The van der Waals surface area contributed by atoms with Crippen LogP contribution in [0.15, 0.2) is 36.4 Å². The highest BCUT2D eigenvalue weighted by Crippen LogP contribution is 2.33. The number of carbonyl (C=O) groups excluding carboxylic acids is 3. The second-order valence-electron chi connectivity index (χ2n) is 7.70. The molecule has 2 N–H and O–H groups in total. The molecule has 7 nitrogen and oxygen atoms in total. The van der Waals surface area contributed by atoms with E-state index in [9.17, 15) is 19.5 Å². The molecule has 1 fully saturated rings. The molecular formula is C24H32O7. The van der Waals surface area contributed by atoms with Crippen molar-refractivity contribution in [2.75, 3.05) is 13.2 Å². The molecule has 0 spiro atoms. The van der Waals surface area contributed by atoms with Crippen LogP contribution in [0.25, 0.3) is 0 Å². The standard InChI is InChI=1S/C24H32O7/c1-2-30-24(29)17-10-12-18(13-11-17)31-23(28)15-20-19(21(26)16-22(20)27)9-7-5-3-4-6-8-14-25/h7,9-13,19-21,25-26H,2-6,8,14-16H2,1H3/b9-7+/t19-,20?,21+/m1/s1. The Kier molecular flexibility index (Phi) is 10.4. The van der Waals surface area contributed by atoms with Crippen LogP contribution < -0.4 is 4.74 Å². The normalized spacial score (nSPS) is 20.9. The summed E-state index contributed by atoms with van der Waals surface area (Å²) in [4.78, 5) is 36.3. The number of benzene rings is 1. The zero-order valence-electron chi connectivity index (χ0n) is 18.0. The molecule has 1 unspecified atom stereocenters. The molecule has 170 valence electrons. The zero-order valence-corrected chi connectivity index (χ0v) is 18.0. The SMILES string of the molecule is CCOC(=O)c1ccc(OC(=O)CC2C(=O)C[C@H](O)[C@@H]2/C=C/CCCCCCO)cc1. The Bertz CT molecular complexity index is 754. The maximum absolute atomic E-state index is 12.4. The molecule has 1 aromatic carbocycles. The van der Waals surface area contributed by atoms with Crippen molar-refractivity contribution < 1.29 is 34.1 Å². The fourth-order valence-electron chi connectivity index (χ4n) is 3.70. The number of rotatable bonds is 12. The van der Waals surface area contributed by atoms with Gasteiger partial charge in [-0.3, -0.25) is 9.59 Å². The molecule has 0 bridgehead atoms. The minimum atomic E-state index is -0.792. The number of hydrogen-bond acceptors (Lipinski definition) is 7. The molecule has 1 aliphatic carbocycles. The van der Waals surface area contributed by atoms with Crippen LogP contribution in [0.4, 0.5) is 0 Å². The second-order valence-corrected chi connectivity index (χ2v) is 7.70. The number of aliphatic hydroxyl groups is 2. The van der Waals surface area contributed by atoms with E-state index in [2.05, 4.69) is 0 Å². The van der Waals surface area contributed by atoms with Gasteiger partial charge in [0.2, 0.25) is 0 Å². The molecule has 0 aromatic heterocycles. The summed E-state index contributed by atoms with van der Waals surface area (Å²) in [7, 11) is 0. The first-order valence-corrected chi connectivity index (χ1v) is 10.9. The molecule has 1 saturated carbocycles. The number of allylic oxidation sites excluding steroid dienone is 1. The monoisotopic (exact) mass is 432 g/mol. The van der Waals surface area contributed by atoms with Gasteiger partial charge < -0.3 is 19.7 Å². The topological polar surface area (TPSA) is 110 Å². The van der Waals surface area contributed by atoms with E-state index in [1.807, 2.05) is 12.2 Å². The molecule has 2 rings (SSSR count). The molecule has 1 aliphatic rings. The van der Waals surface area contributed by atoms with Crippen LogP contribution in [0, 0.1) is 11.8 Å². The molecule has 0 aliphatic heterocycles. The predicted molar refractivity (Wildman–Crippen MR) is 115 cm³/mol. The lowest BCUT2D eigenvalue weighted by molar-refractivity contribution is -0.138. The summed E-state index contributed by atoms with van der Waals surface area (Å²) in [6.45, 7) is 2.20. The van der Waals surface area contributed by atoms with E-state index < -0.39 is 29.9 Å². The molecule has 0 radical (unpaired) electrons. The van der Waals surface area contributed by atoms with Crippen LogP contribution >= 0.6 is 0 Å². The van der Waals surface area contributed by atoms with E-state index in [1.165, 1.54) is 24.3 Å². The number of ether oxygens (including phenoxy) is 2. The summed E-state index contributed by atoms with van der Waals surface area (Å²) in [5, 5.41) is 19.0. The third-order valence-electron chi connectivity index (χ3n) is 5.35. The maximum Gasteiger partial charge on any atom is 0.338 e. The summed E-state index contributed by atoms with van der Waals surface area (Å²) in [6.07, 6.45) is 7.53. The Labute approximate surface area is 183 Å². The minimum absolute atomic E-state index is 0.0394. The lowest BCUT2D eigenvalue weighted by Gasteiger charge is -2.16.